The Bertz CT molecular complexity index is 2410. The maximum Gasteiger partial charge on any atom is 0.417 e. The lowest BCUT2D eigenvalue weighted by molar-refractivity contribution is -0.139. The van der Waals surface area contributed by atoms with Crippen molar-refractivity contribution in [2.24, 2.45) is 23.7 Å². The van der Waals surface area contributed by atoms with Crippen molar-refractivity contribution < 1.29 is 52.1 Å². The van der Waals surface area contributed by atoms with Gasteiger partial charge >= 0.3 is 12.1 Å². The Kier molecular flexibility index (Phi) is 9.81. The molecule has 2 aliphatic heterocycles. The number of ether oxygens (including phenoxy) is 1. The summed E-state index contributed by atoms with van der Waals surface area (Å²) in [6.45, 7) is -0.240. The monoisotopic (exact) mass is 834 g/mol. The first-order chi connectivity index (χ1) is 27.7. The summed E-state index contributed by atoms with van der Waals surface area (Å²) in [5.41, 5.74) is 1.16. The second kappa shape index (κ2) is 14.6. The molecule has 3 heterocycles. The average Bonchev–Trinajstić information content (AvgIpc) is 3.58. The number of hydrogen-bond donors (Lipinski definition) is 3. The van der Waals surface area contributed by atoms with Gasteiger partial charge in [0.25, 0.3) is 11.8 Å². The first-order valence-electron chi connectivity index (χ1n) is 18.0. The van der Waals surface area contributed by atoms with Gasteiger partial charge in [-0.1, -0.05) is 65.2 Å². The zero-order valence-electron chi connectivity index (χ0n) is 30.0. The summed E-state index contributed by atoms with van der Waals surface area (Å²) >= 11 is 12.6. The maximum absolute atomic E-state index is 15.3. The van der Waals surface area contributed by atoms with Gasteiger partial charge in [-0.3, -0.25) is 29.5 Å². The molecule has 3 fully saturated rings. The number of carboxylic acids is 1. The van der Waals surface area contributed by atoms with Crippen LogP contribution in [0.4, 0.5) is 24.7 Å². The Hall–Kier alpha value is -5.77. The number of carboxylic acid groups (broad SMARTS) is 1. The molecule has 298 valence electrons. The van der Waals surface area contributed by atoms with Crippen LogP contribution in [0.25, 0.3) is 0 Å². The Balaban J connectivity index is 1.29. The lowest BCUT2D eigenvalue weighted by Crippen LogP contribution is -2.53. The number of allylic oxidation sites excluding steroid dienone is 2. The minimum absolute atomic E-state index is 0.00598. The number of aromatic nitrogens is 1. The first kappa shape index (κ1) is 39.1. The van der Waals surface area contributed by atoms with Gasteiger partial charge in [0.1, 0.15) is 12.4 Å². The molecule has 3 aromatic carbocycles. The van der Waals surface area contributed by atoms with Crippen LogP contribution in [-0.2, 0) is 30.8 Å². The summed E-state index contributed by atoms with van der Waals surface area (Å²) < 4.78 is 46.1. The smallest absolute Gasteiger partial charge is 0.417 e. The quantitative estimate of drug-likeness (QED) is 0.123. The number of imide groups is 2. The van der Waals surface area contributed by atoms with Crippen molar-refractivity contribution in [2.45, 2.75) is 30.4 Å². The number of carbonyl (C=O) groups excluding carboxylic acids is 4. The van der Waals surface area contributed by atoms with Crippen LogP contribution in [0.5, 0.6) is 5.75 Å². The van der Waals surface area contributed by atoms with Crippen LogP contribution in [0, 0.1) is 23.7 Å². The van der Waals surface area contributed by atoms with Crippen molar-refractivity contribution in [1.82, 2.24) is 9.99 Å². The molecule has 0 unspecified atom stereocenters. The van der Waals surface area contributed by atoms with E-state index in [9.17, 15) is 42.6 Å². The van der Waals surface area contributed by atoms with Crippen molar-refractivity contribution in [3.05, 3.63) is 129 Å². The minimum Gasteiger partial charge on any atom is -0.491 e. The van der Waals surface area contributed by atoms with Crippen LogP contribution in [0.15, 0.2) is 96.7 Å². The van der Waals surface area contributed by atoms with Gasteiger partial charge in [-0.05, 0) is 78.4 Å². The number of hydrogen-bond acceptors (Lipinski definition) is 9. The number of hydrazine groups is 1. The lowest BCUT2D eigenvalue weighted by atomic mass is 9.49. The Morgan fingerprint density at radius 1 is 0.948 bits per heavy atom. The number of amides is 4. The van der Waals surface area contributed by atoms with E-state index >= 15 is 4.79 Å². The molecule has 4 amide bonds. The fourth-order valence-corrected chi connectivity index (χ4v) is 9.44. The van der Waals surface area contributed by atoms with E-state index in [1.807, 2.05) is 6.08 Å². The minimum atomic E-state index is -4.77. The van der Waals surface area contributed by atoms with Gasteiger partial charge in [0.05, 0.1) is 51.6 Å². The van der Waals surface area contributed by atoms with Crippen LogP contribution < -0.4 is 15.1 Å². The average molecular weight is 836 g/mol. The van der Waals surface area contributed by atoms with E-state index in [0.717, 1.165) is 4.90 Å². The molecular weight excluding hydrogens is 804 g/mol. The highest BCUT2D eigenvalue weighted by Crippen LogP contribution is 2.64. The molecule has 0 bridgehead atoms. The standard InChI is InChI=1S/C41H31Cl2F3N4O8/c42-24-8-6-22(7-9-24)40-30(36(53)50(39(40)57)48-34-31(43)17-23(19-47-34)41(44,45)46)18-29-27(33(40)20-4-10-26(11-5-20)58-15-14-51)12-13-28-32(29)37(54)49(35(28)52)25-3-1-2-21(16-25)38(55)56/h1-12,16-17,19,28-30,32-33,51H,13-15,18H2,(H,47,48)(H,55,56)/t28-,29+,30-,32-,33-,40+/m0/s1. The van der Waals surface area contributed by atoms with Crippen molar-refractivity contribution in [3.8, 4) is 5.75 Å². The molecule has 2 aliphatic carbocycles. The van der Waals surface area contributed by atoms with Crippen LogP contribution in [0.1, 0.15) is 45.8 Å². The second-order valence-corrected chi connectivity index (χ2v) is 15.3. The molecular formula is C41H31Cl2F3N4O8. The molecule has 58 heavy (non-hydrogen) atoms. The predicted molar refractivity (Wildman–Crippen MR) is 202 cm³/mol. The first-order valence-corrected chi connectivity index (χ1v) is 18.8. The number of nitrogens with one attached hydrogen (secondary N) is 1. The van der Waals surface area contributed by atoms with Gasteiger partial charge in [-0.2, -0.15) is 18.2 Å². The SMILES string of the molecule is O=C(O)c1cccc(N2C(=O)[C@H]3[C@H](CC=C4[C@H]3C[C@H]3C(=O)N(Nc5ncc(C(F)(F)F)cc5Cl)C(=O)[C@@]3(c3ccc(Cl)cc3)[C@H]4c3ccc(OCCO)cc3)C2=O)c1. The number of aliphatic hydroxyl groups is 1. The third-order valence-corrected chi connectivity index (χ3v) is 12.0. The van der Waals surface area contributed by atoms with Crippen LogP contribution in [-0.4, -0.2) is 63.0 Å². The lowest BCUT2D eigenvalue weighted by Gasteiger charge is -2.50. The second-order valence-electron chi connectivity index (χ2n) is 14.4. The molecule has 6 atom stereocenters. The Morgan fingerprint density at radius 3 is 2.33 bits per heavy atom. The molecule has 1 aromatic heterocycles. The van der Waals surface area contributed by atoms with E-state index in [1.165, 1.54) is 24.3 Å². The maximum atomic E-state index is 15.3. The number of nitrogens with zero attached hydrogens (tertiary/aromatic N) is 3. The van der Waals surface area contributed by atoms with Crippen molar-refractivity contribution in [3.63, 3.8) is 0 Å². The van der Waals surface area contributed by atoms with E-state index in [-0.39, 0.29) is 37.3 Å². The summed E-state index contributed by atoms with van der Waals surface area (Å²) in [5, 5.41) is 19.5. The van der Waals surface area contributed by atoms with E-state index in [0.29, 0.717) is 44.7 Å². The largest absolute Gasteiger partial charge is 0.491 e. The number of benzene rings is 3. The highest BCUT2D eigenvalue weighted by Gasteiger charge is 2.70. The van der Waals surface area contributed by atoms with Gasteiger partial charge in [0, 0.05) is 17.1 Å². The normalized spacial score (nSPS) is 25.3. The molecule has 1 saturated carbocycles. The zero-order chi connectivity index (χ0) is 41.3. The molecule has 3 N–H and O–H groups in total. The molecule has 8 rings (SSSR count). The summed E-state index contributed by atoms with van der Waals surface area (Å²) in [7, 11) is 0. The number of fused-ring (bicyclic) bond motifs is 4. The summed E-state index contributed by atoms with van der Waals surface area (Å²) in [5.74, 6) is -8.80. The topological polar surface area (TPSA) is 166 Å². The Morgan fingerprint density at radius 2 is 1.67 bits per heavy atom. The van der Waals surface area contributed by atoms with E-state index in [4.69, 9.17) is 27.9 Å². The highest BCUT2D eigenvalue weighted by atomic mass is 35.5. The van der Waals surface area contributed by atoms with E-state index < -0.39 is 87.2 Å². The summed E-state index contributed by atoms with van der Waals surface area (Å²) in [4.78, 5) is 75.4. The number of carbonyl (C=O) groups is 5. The Labute approximate surface area is 337 Å². The van der Waals surface area contributed by atoms with Gasteiger partial charge in [0.15, 0.2) is 5.82 Å². The molecule has 12 nitrogen and oxygen atoms in total. The molecule has 17 heteroatoms. The van der Waals surface area contributed by atoms with Crippen molar-refractivity contribution in [1.29, 1.82) is 0 Å². The van der Waals surface area contributed by atoms with Gasteiger partial charge in [0.2, 0.25) is 11.8 Å². The summed E-state index contributed by atoms with van der Waals surface area (Å²) in [6.07, 6.45) is -2.46. The van der Waals surface area contributed by atoms with Crippen LogP contribution >= 0.6 is 23.2 Å². The van der Waals surface area contributed by atoms with E-state index in [1.54, 1.807) is 48.5 Å². The highest BCUT2D eigenvalue weighted by molar-refractivity contribution is 6.33. The van der Waals surface area contributed by atoms with Gasteiger partial charge in [-0.15, -0.1) is 0 Å². The molecule has 0 spiro atoms. The summed E-state index contributed by atoms with van der Waals surface area (Å²) in [6, 6.07) is 19.1. The van der Waals surface area contributed by atoms with E-state index in [2.05, 4.69) is 10.4 Å². The number of halogens is 5. The number of aliphatic hydroxyl groups excluding tert-OH is 1. The van der Waals surface area contributed by atoms with Crippen LogP contribution in [0.3, 0.4) is 0 Å². The number of aromatic carboxylic acids is 1. The van der Waals surface area contributed by atoms with Crippen molar-refractivity contribution >= 4 is 64.3 Å². The number of anilines is 2. The zero-order valence-corrected chi connectivity index (χ0v) is 31.5. The third-order valence-electron chi connectivity index (χ3n) is 11.5. The fourth-order valence-electron chi connectivity index (χ4n) is 9.11. The third kappa shape index (κ3) is 6.19. The number of rotatable bonds is 9. The van der Waals surface area contributed by atoms with Crippen LogP contribution in [0.2, 0.25) is 10.0 Å². The molecule has 0 radical (unpaired) electrons. The molecule has 2 saturated heterocycles. The number of alkyl halides is 3. The van der Waals surface area contributed by atoms with Crippen molar-refractivity contribution in [2.75, 3.05) is 23.5 Å². The number of pyridine rings is 1. The predicted octanol–water partition coefficient (Wildman–Crippen LogP) is 6.67. The molecule has 4 aliphatic rings. The fraction of sp³-hybridized carbons (Fsp3) is 0.268. The molecule has 4 aromatic rings. The van der Waals surface area contributed by atoms with Gasteiger partial charge < -0.3 is 14.9 Å². The van der Waals surface area contributed by atoms with Gasteiger partial charge in [-0.25, -0.2) is 9.78 Å².